The fraction of sp³-hybridized carbons (Fsp3) is 0.412. The summed E-state index contributed by atoms with van der Waals surface area (Å²) >= 11 is 0. The quantitative estimate of drug-likeness (QED) is 0.849. The third-order valence-corrected chi connectivity index (χ3v) is 2.92. The molecule has 0 unspecified atom stereocenters. The number of ether oxygens (including phenoxy) is 1. The zero-order valence-electron chi connectivity index (χ0n) is 13.0. The molecular formula is C17H23N3O. The normalized spacial score (nSPS) is 10.9. The summed E-state index contributed by atoms with van der Waals surface area (Å²) in [5.41, 5.74) is 1.98. The number of aromatic nitrogens is 2. The van der Waals surface area contributed by atoms with Crippen molar-refractivity contribution in [1.82, 2.24) is 15.3 Å². The summed E-state index contributed by atoms with van der Waals surface area (Å²) in [4.78, 5) is 8.98. The maximum absolute atomic E-state index is 5.70. The molecule has 0 aliphatic heterocycles. The lowest BCUT2D eigenvalue weighted by molar-refractivity contribution is 0.295. The van der Waals surface area contributed by atoms with Crippen molar-refractivity contribution in [2.75, 3.05) is 6.54 Å². The zero-order valence-corrected chi connectivity index (χ0v) is 13.0. The molecule has 0 amide bonds. The number of benzene rings is 1. The maximum Gasteiger partial charge on any atom is 0.166 e. The average molecular weight is 285 g/mol. The van der Waals surface area contributed by atoms with Crippen molar-refractivity contribution in [1.29, 1.82) is 0 Å². The molecule has 1 aromatic heterocycles. The Morgan fingerprint density at radius 3 is 2.62 bits per heavy atom. The van der Waals surface area contributed by atoms with Crippen LogP contribution in [0, 0.1) is 12.8 Å². The highest BCUT2D eigenvalue weighted by molar-refractivity contribution is 5.21. The SMILES string of the molecule is Cc1cc(CNCC(C)C)nc(COc2ccccc2)n1. The predicted molar refractivity (Wildman–Crippen MR) is 84.1 cm³/mol. The molecule has 1 heterocycles. The predicted octanol–water partition coefficient (Wildman–Crippen LogP) is 3.11. The Morgan fingerprint density at radius 1 is 1.14 bits per heavy atom. The van der Waals surface area contributed by atoms with E-state index in [-0.39, 0.29) is 0 Å². The van der Waals surface area contributed by atoms with Crippen LogP contribution in [0.25, 0.3) is 0 Å². The molecule has 0 bridgehead atoms. The number of nitrogens with one attached hydrogen (secondary N) is 1. The van der Waals surface area contributed by atoms with Crippen molar-refractivity contribution >= 4 is 0 Å². The Hall–Kier alpha value is -1.94. The summed E-state index contributed by atoms with van der Waals surface area (Å²) in [6.07, 6.45) is 0. The van der Waals surface area contributed by atoms with Gasteiger partial charge < -0.3 is 10.1 Å². The first-order valence-electron chi connectivity index (χ1n) is 7.35. The number of rotatable bonds is 7. The Balaban J connectivity index is 1.94. The third kappa shape index (κ3) is 5.52. The van der Waals surface area contributed by atoms with Gasteiger partial charge in [0.25, 0.3) is 0 Å². The fourth-order valence-corrected chi connectivity index (χ4v) is 2.01. The molecule has 21 heavy (non-hydrogen) atoms. The van der Waals surface area contributed by atoms with Gasteiger partial charge in [0, 0.05) is 12.2 Å². The molecular weight excluding hydrogens is 262 g/mol. The van der Waals surface area contributed by atoms with Gasteiger partial charge in [0.1, 0.15) is 12.4 Å². The number of para-hydroxylation sites is 1. The van der Waals surface area contributed by atoms with Crippen LogP contribution in [-0.4, -0.2) is 16.5 Å². The molecule has 0 atom stereocenters. The van der Waals surface area contributed by atoms with Gasteiger partial charge in [-0.05, 0) is 37.6 Å². The van der Waals surface area contributed by atoms with Gasteiger partial charge >= 0.3 is 0 Å². The topological polar surface area (TPSA) is 47.0 Å². The van der Waals surface area contributed by atoms with Crippen molar-refractivity contribution in [3.8, 4) is 5.75 Å². The molecule has 2 rings (SSSR count). The monoisotopic (exact) mass is 285 g/mol. The highest BCUT2D eigenvalue weighted by atomic mass is 16.5. The lowest BCUT2D eigenvalue weighted by Crippen LogP contribution is -2.20. The van der Waals surface area contributed by atoms with E-state index in [1.807, 2.05) is 43.3 Å². The van der Waals surface area contributed by atoms with Crippen molar-refractivity contribution in [2.24, 2.45) is 5.92 Å². The van der Waals surface area contributed by atoms with E-state index in [1.165, 1.54) is 0 Å². The van der Waals surface area contributed by atoms with Crippen LogP contribution in [0.1, 0.15) is 31.1 Å². The van der Waals surface area contributed by atoms with Crippen LogP contribution in [0.5, 0.6) is 5.75 Å². The van der Waals surface area contributed by atoms with Gasteiger partial charge in [-0.2, -0.15) is 0 Å². The molecule has 0 saturated carbocycles. The summed E-state index contributed by atoms with van der Waals surface area (Å²) < 4.78 is 5.70. The molecule has 112 valence electrons. The van der Waals surface area contributed by atoms with Crippen LogP contribution >= 0.6 is 0 Å². The van der Waals surface area contributed by atoms with Gasteiger partial charge in [0.2, 0.25) is 0 Å². The van der Waals surface area contributed by atoms with Gasteiger partial charge in [-0.25, -0.2) is 9.97 Å². The van der Waals surface area contributed by atoms with E-state index in [4.69, 9.17) is 4.74 Å². The molecule has 4 heteroatoms. The summed E-state index contributed by atoms with van der Waals surface area (Å²) in [6.45, 7) is 8.51. The highest BCUT2D eigenvalue weighted by Gasteiger charge is 2.04. The standard InChI is InChI=1S/C17H23N3O/c1-13(2)10-18-11-15-9-14(3)19-17(20-15)12-21-16-7-5-4-6-8-16/h4-9,13,18H,10-12H2,1-3H3. The smallest absolute Gasteiger partial charge is 0.166 e. The van der Waals surface area contributed by atoms with Crippen molar-refractivity contribution in [3.05, 3.63) is 53.6 Å². The van der Waals surface area contributed by atoms with Crippen LogP contribution in [0.4, 0.5) is 0 Å². The van der Waals surface area contributed by atoms with Gasteiger partial charge in [-0.1, -0.05) is 32.0 Å². The first-order chi connectivity index (χ1) is 10.1. The molecule has 2 aromatic rings. The van der Waals surface area contributed by atoms with E-state index in [1.54, 1.807) is 0 Å². The second-order valence-corrected chi connectivity index (χ2v) is 5.54. The Morgan fingerprint density at radius 2 is 1.90 bits per heavy atom. The van der Waals surface area contributed by atoms with Crippen LogP contribution in [-0.2, 0) is 13.2 Å². The lowest BCUT2D eigenvalue weighted by Gasteiger charge is -2.10. The van der Waals surface area contributed by atoms with Crippen molar-refractivity contribution < 1.29 is 4.74 Å². The van der Waals surface area contributed by atoms with E-state index in [0.717, 1.165) is 36.1 Å². The molecule has 0 fully saturated rings. The first-order valence-corrected chi connectivity index (χ1v) is 7.35. The van der Waals surface area contributed by atoms with Crippen LogP contribution in [0.2, 0.25) is 0 Å². The van der Waals surface area contributed by atoms with Gasteiger partial charge in [-0.15, -0.1) is 0 Å². The Kier molecular flexibility index (Phi) is 5.69. The van der Waals surface area contributed by atoms with E-state index in [0.29, 0.717) is 12.5 Å². The molecule has 1 aromatic carbocycles. The maximum atomic E-state index is 5.70. The van der Waals surface area contributed by atoms with Gasteiger partial charge in [0.15, 0.2) is 5.82 Å². The highest BCUT2D eigenvalue weighted by Crippen LogP contribution is 2.10. The second-order valence-electron chi connectivity index (χ2n) is 5.54. The van der Waals surface area contributed by atoms with E-state index < -0.39 is 0 Å². The van der Waals surface area contributed by atoms with Gasteiger partial charge in [0.05, 0.1) is 5.69 Å². The molecule has 1 N–H and O–H groups in total. The van der Waals surface area contributed by atoms with Crippen LogP contribution in [0.15, 0.2) is 36.4 Å². The van der Waals surface area contributed by atoms with Crippen LogP contribution in [0.3, 0.4) is 0 Å². The molecule has 0 radical (unpaired) electrons. The number of nitrogens with zero attached hydrogens (tertiary/aromatic N) is 2. The minimum absolute atomic E-state index is 0.392. The zero-order chi connectivity index (χ0) is 15.1. The number of hydrogen-bond donors (Lipinski definition) is 1. The van der Waals surface area contributed by atoms with E-state index in [9.17, 15) is 0 Å². The molecule has 0 spiro atoms. The van der Waals surface area contributed by atoms with E-state index in [2.05, 4.69) is 29.1 Å². The Labute approximate surface area is 126 Å². The largest absolute Gasteiger partial charge is 0.486 e. The lowest BCUT2D eigenvalue weighted by atomic mass is 10.2. The second kappa shape index (κ2) is 7.74. The summed E-state index contributed by atoms with van der Waals surface area (Å²) in [7, 11) is 0. The van der Waals surface area contributed by atoms with Crippen molar-refractivity contribution in [2.45, 2.75) is 33.9 Å². The average Bonchev–Trinajstić information content (AvgIpc) is 2.45. The summed E-state index contributed by atoms with van der Waals surface area (Å²) in [5.74, 6) is 2.19. The number of aryl methyl sites for hydroxylation is 1. The molecule has 4 nitrogen and oxygen atoms in total. The summed E-state index contributed by atoms with van der Waals surface area (Å²) in [5, 5.41) is 3.40. The fourth-order valence-electron chi connectivity index (χ4n) is 2.01. The molecule has 0 aliphatic rings. The third-order valence-electron chi connectivity index (χ3n) is 2.92. The van der Waals surface area contributed by atoms with Crippen molar-refractivity contribution in [3.63, 3.8) is 0 Å². The Bertz CT molecular complexity index is 555. The van der Waals surface area contributed by atoms with Crippen LogP contribution < -0.4 is 10.1 Å². The van der Waals surface area contributed by atoms with E-state index >= 15 is 0 Å². The number of hydrogen-bond acceptors (Lipinski definition) is 4. The minimum atomic E-state index is 0.392. The first kappa shape index (κ1) is 15.4. The summed E-state index contributed by atoms with van der Waals surface area (Å²) in [6, 6.07) is 11.7. The van der Waals surface area contributed by atoms with Gasteiger partial charge in [-0.3, -0.25) is 0 Å². The molecule has 0 aliphatic carbocycles. The molecule has 0 saturated heterocycles. The minimum Gasteiger partial charge on any atom is -0.486 e.